The summed E-state index contributed by atoms with van der Waals surface area (Å²) in [6.07, 6.45) is -53.2. The standard InChI is InChI=1S/C40H70N2O30/c1-10-20(51)27(58)30(61)37(64-10)72-35-33(70-39-34(29(60)24(55)17(7-46)67-39)71-38-31(62)28(59)23(54)16(6-45)66-38)25(56)18(8-47)68-40(35)69-32(13(4-43)41-11(2)48)21(52)14(50)9-63-36-19(42-12(3)49)26(57)22(53)15(5-44)65-36/h10,13-40,43-47,50-62H,4-9H2,1-3H3,(H,41,48)(H,42,49)/t10-,13-,14+,15+,16+,17+,18+,19+,20+,21-,22+,23-,24-,25-,26+,27+,28-,29-,30-,31+,32+,33-,34+,35+,36+,37-,38-,39+,40-/m0/s1. The van der Waals surface area contributed by atoms with Crippen LogP contribution in [0.5, 0.6) is 0 Å². The minimum Gasteiger partial charge on any atom is -0.394 e. The molecule has 29 atom stereocenters. The van der Waals surface area contributed by atoms with Gasteiger partial charge in [0.05, 0.1) is 51.8 Å². The molecule has 5 fully saturated rings. The zero-order chi connectivity index (χ0) is 53.6. The fourth-order valence-corrected chi connectivity index (χ4v) is 8.72. The normalized spacial score (nSPS) is 45.7. The third kappa shape index (κ3) is 13.7. The van der Waals surface area contributed by atoms with Gasteiger partial charge in [0.15, 0.2) is 31.5 Å². The maximum atomic E-state index is 12.5. The van der Waals surface area contributed by atoms with E-state index in [4.69, 9.17) is 47.4 Å². The van der Waals surface area contributed by atoms with Crippen molar-refractivity contribution in [2.45, 2.75) is 199 Å². The number of nitrogens with one attached hydrogen (secondary N) is 2. The van der Waals surface area contributed by atoms with Crippen molar-refractivity contribution in [2.24, 2.45) is 0 Å². The number of rotatable bonds is 21. The number of hydrogen-bond acceptors (Lipinski definition) is 30. The van der Waals surface area contributed by atoms with Gasteiger partial charge in [0, 0.05) is 13.8 Å². The first-order valence-corrected chi connectivity index (χ1v) is 22.9. The Morgan fingerprint density at radius 3 is 1.50 bits per heavy atom. The molecular formula is C40H70N2O30. The van der Waals surface area contributed by atoms with Crippen LogP contribution in [0.1, 0.15) is 20.8 Å². The molecule has 420 valence electrons. The van der Waals surface area contributed by atoms with Crippen molar-refractivity contribution in [1.82, 2.24) is 10.6 Å². The summed E-state index contributed by atoms with van der Waals surface area (Å²) in [5.41, 5.74) is 0. The summed E-state index contributed by atoms with van der Waals surface area (Å²) >= 11 is 0. The van der Waals surface area contributed by atoms with E-state index in [-0.39, 0.29) is 0 Å². The van der Waals surface area contributed by atoms with Gasteiger partial charge < -0.3 is 150 Å². The zero-order valence-corrected chi connectivity index (χ0v) is 38.9. The number of carbonyl (C=O) groups is 2. The predicted molar refractivity (Wildman–Crippen MR) is 223 cm³/mol. The van der Waals surface area contributed by atoms with Crippen molar-refractivity contribution in [3.63, 3.8) is 0 Å². The SMILES string of the molecule is CC(=O)N[C@H]1[C@H](OC[C@@H](O)[C@H](O)[C@H](O[C@@H]2O[C@H](CO)[C@H](O)[C@H](O[C@H]3O[C@H](CO)[C@H](O)[C@H](O)[C@H]3O[C@@H]3O[C@H](CO)[C@H](O)[C@H](O)[C@H]3O)[C@H]2O[C@@H]2O[C@@H](C)[C@@H](O)[C@@H](O)[C@@H]2O)[C@H](CO)NC(C)=O)O[C@H](CO)[C@@H](O)[C@@H]1O. The molecule has 5 aliphatic rings. The molecule has 0 aromatic carbocycles. The molecule has 5 saturated heterocycles. The monoisotopic (exact) mass is 1060 g/mol. The Labute approximate surface area is 409 Å². The Balaban J connectivity index is 1.54. The fourth-order valence-electron chi connectivity index (χ4n) is 8.72. The number of carbonyl (C=O) groups excluding carboxylic acids is 2. The molecule has 5 rings (SSSR count). The molecule has 0 aromatic rings. The van der Waals surface area contributed by atoms with E-state index in [1.54, 1.807) is 0 Å². The Kier molecular flexibility index (Phi) is 22.5. The number of ether oxygens (including phenoxy) is 10. The van der Waals surface area contributed by atoms with Crippen LogP contribution in [0.4, 0.5) is 0 Å². The van der Waals surface area contributed by atoms with Gasteiger partial charge in [-0.3, -0.25) is 9.59 Å². The first kappa shape index (κ1) is 60.7. The average molecular weight is 1060 g/mol. The quantitative estimate of drug-likeness (QED) is 0.0507. The lowest BCUT2D eigenvalue weighted by atomic mass is 9.95. The van der Waals surface area contributed by atoms with Crippen molar-refractivity contribution >= 4 is 11.8 Å². The molecule has 0 saturated carbocycles. The summed E-state index contributed by atoms with van der Waals surface area (Å²) in [6.45, 7) is -2.77. The molecule has 5 aliphatic heterocycles. The highest BCUT2D eigenvalue weighted by atomic mass is 16.8. The van der Waals surface area contributed by atoms with E-state index in [9.17, 15) is 102 Å². The largest absolute Gasteiger partial charge is 0.394 e. The molecule has 0 radical (unpaired) electrons. The van der Waals surface area contributed by atoms with E-state index >= 15 is 0 Å². The number of hydrogen-bond donors (Lipinski definition) is 20. The minimum absolute atomic E-state index is 0.737. The summed E-state index contributed by atoms with van der Waals surface area (Å²) in [5, 5.41) is 198. The second kappa shape index (κ2) is 26.7. The minimum atomic E-state index is -2.35. The highest BCUT2D eigenvalue weighted by Crippen LogP contribution is 2.37. The van der Waals surface area contributed by atoms with E-state index in [0.29, 0.717) is 0 Å². The van der Waals surface area contributed by atoms with Crippen LogP contribution >= 0.6 is 0 Å². The highest BCUT2D eigenvalue weighted by Gasteiger charge is 2.57. The third-order valence-corrected chi connectivity index (χ3v) is 12.8. The average Bonchev–Trinajstić information content (AvgIpc) is 3.35. The number of aliphatic hydroxyl groups excluding tert-OH is 18. The molecule has 72 heavy (non-hydrogen) atoms. The van der Waals surface area contributed by atoms with Crippen LogP contribution in [0.3, 0.4) is 0 Å². The first-order valence-electron chi connectivity index (χ1n) is 22.9. The van der Waals surface area contributed by atoms with Gasteiger partial charge in [-0.15, -0.1) is 0 Å². The number of aliphatic hydroxyl groups is 18. The zero-order valence-electron chi connectivity index (χ0n) is 38.9. The molecule has 0 unspecified atom stereocenters. The summed E-state index contributed by atoms with van der Waals surface area (Å²) in [7, 11) is 0. The number of amides is 2. The Morgan fingerprint density at radius 1 is 0.500 bits per heavy atom. The van der Waals surface area contributed by atoms with Gasteiger partial charge in [-0.2, -0.15) is 0 Å². The first-order chi connectivity index (χ1) is 33.9. The van der Waals surface area contributed by atoms with Gasteiger partial charge in [-0.25, -0.2) is 0 Å². The molecular weight excluding hydrogens is 988 g/mol. The van der Waals surface area contributed by atoms with Gasteiger partial charge in [0.1, 0.15) is 134 Å². The second-order valence-corrected chi connectivity index (χ2v) is 18.0. The lowest BCUT2D eigenvalue weighted by molar-refractivity contribution is -0.407. The molecule has 32 nitrogen and oxygen atoms in total. The van der Waals surface area contributed by atoms with Crippen molar-refractivity contribution in [1.29, 1.82) is 0 Å². The van der Waals surface area contributed by atoms with Crippen molar-refractivity contribution in [3.05, 3.63) is 0 Å². The lowest BCUT2D eigenvalue weighted by Gasteiger charge is -2.50. The molecule has 32 heteroatoms. The van der Waals surface area contributed by atoms with Crippen molar-refractivity contribution < 1.29 is 149 Å². The maximum absolute atomic E-state index is 12.5. The van der Waals surface area contributed by atoms with Crippen LogP contribution in [-0.4, -0.2) is 321 Å². The molecule has 2 amide bonds. The van der Waals surface area contributed by atoms with Gasteiger partial charge in [-0.05, 0) is 6.92 Å². The van der Waals surface area contributed by atoms with E-state index in [1.807, 2.05) is 0 Å². The van der Waals surface area contributed by atoms with Crippen molar-refractivity contribution in [3.8, 4) is 0 Å². The summed E-state index contributed by atoms with van der Waals surface area (Å²) in [6, 6.07) is -3.28. The van der Waals surface area contributed by atoms with E-state index in [0.717, 1.165) is 13.8 Å². The molecule has 0 spiro atoms. The molecule has 0 aromatic heterocycles. The Hall–Kier alpha value is -2.18. The third-order valence-electron chi connectivity index (χ3n) is 12.8. The maximum Gasteiger partial charge on any atom is 0.217 e. The lowest BCUT2D eigenvalue weighted by Crippen LogP contribution is -2.69. The van der Waals surface area contributed by atoms with Crippen LogP contribution in [0, 0.1) is 0 Å². The highest BCUT2D eigenvalue weighted by molar-refractivity contribution is 5.73. The van der Waals surface area contributed by atoms with Crippen LogP contribution in [0.2, 0.25) is 0 Å². The molecule has 0 aliphatic carbocycles. The van der Waals surface area contributed by atoms with Crippen molar-refractivity contribution in [2.75, 3.05) is 39.6 Å². The van der Waals surface area contributed by atoms with Gasteiger partial charge in [-0.1, -0.05) is 0 Å². The van der Waals surface area contributed by atoms with E-state index in [2.05, 4.69) is 10.6 Å². The topological polar surface area (TPSA) is 515 Å². The Morgan fingerprint density at radius 2 is 0.958 bits per heavy atom. The predicted octanol–water partition coefficient (Wildman–Crippen LogP) is -13.1. The smallest absolute Gasteiger partial charge is 0.217 e. The van der Waals surface area contributed by atoms with Crippen LogP contribution < -0.4 is 10.6 Å². The second-order valence-electron chi connectivity index (χ2n) is 18.0. The Bertz CT molecular complexity index is 1680. The molecule has 20 N–H and O–H groups in total. The summed E-state index contributed by atoms with van der Waals surface area (Å²) in [4.78, 5) is 24.5. The summed E-state index contributed by atoms with van der Waals surface area (Å²) in [5.74, 6) is -1.60. The molecule has 0 bridgehead atoms. The van der Waals surface area contributed by atoms with Crippen LogP contribution in [0.15, 0.2) is 0 Å². The van der Waals surface area contributed by atoms with Gasteiger partial charge >= 0.3 is 0 Å². The fraction of sp³-hybridized carbons (Fsp3) is 0.950. The van der Waals surface area contributed by atoms with Crippen LogP contribution in [-0.2, 0) is 57.0 Å². The summed E-state index contributed by atoms with van der Waals surface area (Å²) < 4.78 is 57.8. The molecule has 5 heterocycles. The van der Waals surface area contributed by atoms with Gasteiger partial charge in [0.25, 0.3) is 0 Å². The van der Waals surface area contributed by atoms with Gasteiger partial charge in [0.2, 0.25) is 11.8 Å². The van der Waals surface area contributed by atoms with E-state index < -0.39 is 229 Å². The van der Waals surface area contributed by atoms with E-state index in [1.165, 1.54) is 6.92 Å². The van der Waals surface area contributed by atoms with Crippen LogP contribution in [0.25, 0.3) is 0 Å².